The lowest BCUT2D eigenvalue weighted by molar-refractivity contribution is -0.0134. The molecule has 1 aromatic carbocycles. The van der Waals surface area contributed by atoms with E-state index in [2.05, 4.69) is 63.9 Å². The number of ether oxygens (including phenoxy) is 1. The van der Waals surface area contributed by atoms with E-state index in [9.17, 15) is 4.39 Å². The van der Waals surface area contributed by atoms with E-state index in [-0.39, 0.29) is 17.5 Å². The largest absolute Gasteiger partial charge is 0.373 e. The third-order valence-electron chi connectivity index (χ3n) is 8.19. The van der Waals surface area contributed by atoms with Crippen molar-refractivity contribution >= 4 is 22.8 Å². The number of nitrogens with zero attached hydrogens (tertiary/aromatic N) is 4. The highest BCUT2D eigenvalue weighted by Gasteiger charge is 2.38. The van der Waals surface area contributed by atoms with Crippen molar-refractivity contribution in [3.05, 3.63) is 71.9 Å². The van der Waals surface area contributed by atoms with Crippen LogP contribution in [-0.2, 0) is 17.8 Å². The van der Waals surface area contributed by atoms with Gasteiger partial charge in [-0.15, -0.1) is 0 Å². The Hall–Kier alpha value is -3.53. The van der Waals surface area contributed by atoms with Crippen LogP contribution in [0, 0.1) is 5.82 Å². The monoisotopic (exact) mass is 527 g/mol. The van der Waals surface area contributed by atoms with Crippen molar-refractivity contribution in [2.45, 2.75) is 57.5 Å². The molecular formula is C30H34FN7O. The molecule has 0 amide bonds. The molecule has 0 bridgehead atoms. The minimum Gasteiger partial charge on any atom is -0.373 e. The van der Waals surface area contributed by atoms with Crippen molar-refractivity contribution in [2.75, 3.05) is 29.9 Å². The molecule has 1 saturated carbocycles. The molecule has 8 nitrogen and oxygen atoms in total. The average molecular weight is 528 g/mol. The highest BCUT2D eigenvalue weighted by atomic mass is 19.1. The van der Waals surface area contributed by atoms with Gasteiger partial charge in [-0.05, 0) is 62.1 Å². The molecule has 0 radical (unpaired) electrons. The van der Waals surface area contributed by atoms with Gasteiger partial charge in [-0.2, -0.15) is 0 Å². The summed E-state index contributed by atoms with van der Waals surface area (Å²) >= 11 is 0. The predicted molar refractivity (Wildman–Crippen MR) is 151 cm³/mol. The van der Waals surface area contributed by atoms with Crippen molar-refractivity contribution in [1.29, 1.82) is 0 Å². The highest BCUT2D eigenvalue weighted by Crippen LogP contribution is 2.36. The van der Waals surface area contributed by atoms with Gasteiger partial charge in [0.05, 0.1) is 36.5 Å². The summed E-state index contributed by atoms with van der Waals surface area (Å²) in [5.41, 5.74) is 7.20. The fourth-order valence-electron chi connectivity index (χ4n) is 5.87. The maximum absolute atomic E-state index is 13.7. The molecular weight excluding hydrogens is 493 g/mol. The molecule has 3 aromatic heterocycles. The fourth-order valence-corrected chi connectivity index (χ4v) is 5.87. The number of rotatable bonds is 7. The first-order chi connectivity index (χ1) is 18.9. The zero-order chi connectivity index (χ0) is 26.6. The van der Waals surface area contributed by atoms with Crippen LogP contribution in [0.2, 0.25) is 0 Å². The van der Waals surface area contributed by atoms with Crippen molar-refractivity contribution in [2.24, 2.45) is 0 Å². The molecule has 4 aromatic rings. The zero-order valence-electron chi connectivity index (χ0n) is 22.4. The topological polar surface area (TPSA) is 78.8 Å². The van der Waals surface area contributed by atoms with Gasteiger partial charge in [-0.3, -0.25) is 4.40 Å². The van der Waals surface area contributed by atoms with E-state index >= 15 is 0 Å². The SMILES string of the molecule is CC(C)(NC1CC1)C1CN(c2ccc(Nc3ccc(-c4cnc5cc(F)ccn45)c4c3CNC4)nc2)CCO1. The minimum atomic E-state index is -0.285. The predicted octanol–water partition coefficient (Wildman–Crippen LogP) is 4.62. The lowest BCUT2D eigenvalue weighted by Gasteiger charge is -2.42. The number of hydrogen-bond acceptors (Lipinski definition) is 7. The molecule has 1 atom stereocenters. The number of halogens is 1. The molecule has 0 spiro atoms. The van der Waals surface area contributed by atoms with E-state index in [1.807, 2.05) is 16.8 Å². The van der Waals surface area contributed by atoms with E-state index in [0.29, 0.717) is 18.3 Å². The van der Waals surface area contributed by atoms with Crippen LogP contribution >= 0.6 is 0 Å². The molecule has 202 valence electrons. The molecule has 3 aliphatic rings. The summed E-state index contributed by atoms with van der Waals surface area (Å²) in [4.78, 5) is 11.6. The van der Waals surface area contributed by atoms with Gasteiger partial charge in [0, 0.05) is 61.3 Å². The van der Waals surface area contributed by atoms with Crippen LogP contribution in [0.3, 0.4) is 0 Å². The number of aromatic nitrogens is 3. The fraction of sp³-hybridized carbons (Fsp3) is 0.400. The number of nitrogens with one attached hydrogen (secondary N) is 3. The summed E-state index contributed by atoms with van der Waals surface area (Å²) < 4.78 is 21.8. The van der Waals surface area contributed by atoms with Crippen LogP contribution in [0.15, 0.2) is 55.0 Å². The van der Waals surface area contributed by atoms with E-state index in [1.165, 1.54) is 36.1 Å². The first-order valence-electron chi connectivity index (χ1n) is 13.8. The summed E-state index contributed by atoms with van der Waals surface area (Å²) in [6.45, 7) is 8.46. The lowest BCUT2D eigenvalue weighted by Crippen LogP contribution is -2.58. The standard InChI is InChI=1S/C30H34FN7O/c1-30(2,36-20-3-4-20)27-18-37(11-12-39-27)21-5-8-28(33-14-21)35-25-7-6-22(23-15-32-16-24(23)25)26-17-34-29-13-19(31)9-10-38(26)29/h5-10,13-14,17,20,27,32,36H,3-4,11-12,15-16,18H2,1-2H3,(H,33,35). The average Bonchev–Trinajstić information content (AvgIpc) is 3.42. The van der Waals surface area contributed by atoms with Crippen LogP contribution in [0.5, 0.6) is 0 Å². The number of imidazole rings is 1. The number of anilines is 3. The second kappa shape index (κ2) is 9.59. The Kier molecular flexibility index (Phi) is 6.02. The molecule has 7 rings (SSSR count). The van der Waals surface area contributed by atoms with Gasteiger partial charge in [0.1, 0.15) is 17.3 Å². The highest BCUT2D eigenvalue weighted by molar-refractivity contribution is 5.75. The van der Waals surface area contributed by atoms with Crippen molar-refractivity contribution in [1.82, 2.24) is 25.0 Å². The first-order valence-corrected chi connectivity index (χ1v) is 13.8. The van der Waals surface area contributed by atoms with Gasteiger partial charge < -0.3 is 25.6 Å². The Balaban J connectivity index is 1.09. The Morgan fingerprint density at radius 1 is 1.05 bits per heavy atom. The third kappa shape index (κ3) is 4.75. The molecule has 9 heteroatoms. The van der Waals surface area contributed by atoms with Gasteiger partial charge in [0.2, 0.25) is 0 Å². The molecule has 3 N–H and O–H groups in total. The molecule has 5 heterocycles. The number of hydrogen-bond donors (Lipinski definition) is 3. The maximum atomic E-state index is 13.7. The van der Waals surface area contributed by atoms with E-state index in [0.717, 1.165) is 54.6 Å². The molecule has 1 aliphatic carbocycles. The second-order valence-corrected chi connectivity index (χ2v) is 11.4. The third-order valence-corrected chi connectivity index (χ3v) is 8.19. The molecule has 1 saturated heterocycles. The van der Waals surface area contributed by atoms with Gasteiger partial charge in [0.25, 0.3) is 0 Å². The Labute approximate surface area is 227 Å². The van der Waals surface area contributed by atoms with Crippen LogP contribution < -0.4 is 20.9 Å². The Morgan fingerprint density at radius 2 is 1.92 bits per heavy atom. The Bertz CT molecular complexity index is 1510. The summed E-state index contributed by atoms with van der Waals surface area (Å²) in [5.74, 6) is 0.527. The van der Waals surface area contributed by atoms with Crippen LogP contribution in [0.4, 0.5) is 21.6 Å². The second-order valence-electron chi connectivity index (χ2n) is 11.4. The normalized spacial score (nSPS) is 19.5. The quantitative estimate of drug-likeness (QED) is 0.324. The van der Waals surface area contributed by atoms with E-state index in [4.69, 9.17) is 9.72 Å². The lowest BCUT2D eigenvalue weighted by atomic mass is 9.95. The number of pyridine rings is 2. The van der Waals surface area contributed by atoms with Gasteiger partial charge in [-0.1, -0.05) is 6.07 Å². The first kappa shape index (κ1) is 24.5. The van der Waals surface area contributed by atoms with Crippen LogP contribution in [0.1, 0.15) is 37.8 Å². The molecule has 2 fully saturated rings. The van der Waals surface area contributed by atoms with Crippen LogP contribution in [0.25, 0.3) is 16.9 Å². The maximum Gasteiger partial charge on any atom is 0.140 e. The summed E-state index contributed by atoms with van der Waals surface area (Å²) in [5, 5.41) is 10.8. The molecule has 1 unspecified atom stereocenters. The number of morpholine rings is 1. The van der Waals surface area contributed by atoms with Crippen molar-refractivity contribution in [3.8, 4) is 11.3 Å². The minimum absolute atomic E-state index is 0.0608. The smallest absolute Gasteiger partial charge is 0.140 e. The van der Waals surface area contributed by atoms with Crippen molar-refractivity contribution in [3.63, 3.8) is 0 Å². The van der Waals surface area contributed by atoms with E-state index < -0.39 is 0 Å². The van der Waals surface area contributed by atoms with Gasteiger partial charge >= 0.3 is 0 Å². The number of fused-ring (bicyclic) bond motifs is 2. The van der Waals surface area contributed by atoms with Gasteiger partial charge in [0.15, 0.2) is 0 Å². The molecule has 2 aliphatic heterocycles. The number of benzene rings is 1. The summed E-state index contributed by atoms with van der Waals surface area (Å²) in [6, 6.07) is 12.0. The summed E-state index contributed by atoms with van der Waals surface area (Å²) in [7, 11) is 0. The van der Waals surface area contributed by atoms with E-state index in [1.54, 1.807) is 6.20 Å². The van der Waals surface area contributed by atoms with Crippen molar-refractivity contribution < 1.29 is 9.13 Å². The zero-order valence-corrected chi connectivity index (χ0v) is 22.4. The Morgan fingerprint density at radius 3 is 2.74 bits per heavy atom. The summed E-state index contributed by atoms with van der Waals surface area (Å²) in [6.07, 6.45) is 8.17. The van der Waals surface area contributed by atoms with Crippen LogP contribution in [-0.4, -0.2) is 51.7 Å². The molecule has 39 heavy (non-hydrogen) atoms. The van der Waals surface area contributed by atoms with Gasteiger partial charge in [-0.25, -0.2) is 14.4 Å².